The van der Waals surface area contributed by atoms with Gasteiger partial charge in [0.25, 0.3) is 0 Å². The van der Waals surface area contributed by atoms with Gasteiger partial charge in [0.15, 0.2) is 0 Å². The molecule has 0 atom stereocenters. The first-order valence-electron chi connectivity index (χ1n) is 11.1. The Balaban J connectivity index is 1.24. The summed E-state index contributed by atoms with van der Waals surface area (Å²) in [6, 6.07) is 10.3. The summed E-state index contributed by atoms with van der Waals surface area (Å²) in [6.07, 6.45) is 4.75. The van der Waals surface area contributed by atoms with Crippen molar-refractivity contribution in [1.29, 1.82) is 0 Å². The number of nitrogens with two attached hydrogens (primary N) is 1. The van der Waals surface area contributed by atoms with Gasteiger partial charge in [-0.3, -0.25) is 0 Å². The molecule has 0 spiro atoms. The molecule has 3 heterocycles. The number of hydrogen-bond acceptors (Lipinski definition) is 10. The number of aromatic nitrogens is 5. The molecule has 5 rings (SSSR count). The summed E-state index contributed by atoms with van der Waals surface area (Å²) in [6.45, 7) is 3.49. The number of para-hydroxylation sites is 1. The lowest BCUT2D eigenvalue weighted by Gasteiger charge is -2.30. The molecule has 2 aliphatic rings. The second kappa shape index (κ2) is 9.07. The van der Waals surface area contributed by atoms with E-state index < -0.39 is 0 Å². The molecule has 168 valence electrons. The molecule has 0 bridgehead atoms. The van der Waals surface area contributed by atoms with Crippen LogP contribution in [0.4, 0.5) is 23.6 Å². The highest BCUT2D eigenvalue weighted by Crippen LogP contribution is 2.30. The van der Waals surface area contributed by atoms with Gasteiger partial charge in [-0.25, -0.2) is 0 Å². The Hall–Kier alpha value is -3.27. The number of rotatable bonds is 8. The smallest absolute Gasteiger partial charge is 0.324 e. The predicted molar refractivity (Wildman–Crippen MR) is 121 cm³/mol. The fourth-order valence-corrected chi connectivity index (χ4v) is 3.81. The Labute approximate surface area is 186 Å². The first kappa shape index (κ1) is 20.6. The van der Waals surface area contributed by atoms with Crippen molar-refractivity contribution < 1.29 is 9.26 Å². The molecule has 1 saturated carbocycles. The van der Waals surface area contributed by atoms with Crippen molar-refractivity contribution in [2.75, 3.05) is 48.9 Å². The zero-order valence-electron chi connectivity index (χ0n) is 18.2. The van der Waals surface area contributed by atoms with Crippen LogP contribution in [0, 0.1) is 11.8 Å². The third kappa shape index (κ3) is 4.80. The standard InChI is InChI=1S/C22H28N8O2/c1-29(17-5-3-2-4-6-17)21-25-18(24-20(23)27-21)19-26-22(32-28-19)30-11-9-16(10-12-30)14-31-13-15-7-8-15/h2-6,15-16H,7-14H2,1H3,(H2,23,24,25,27). The average molecular weight is 437 g/mol. The summed E-state index contributed by atoms with van der Waals surface area (Å²) in [5.74, 6) is 2.50. The maximum Gasteiger partial charge on any atom is 0.324 e. The molecule has 0 amide bonds. The number of hydrogen-bond donors (Lipinski definition) is 1. The maximum atomic E-state index is 5.94. The molecule has 32 heavy (non-hydrogen) atoms. The highest BCUT2D eigenvalue weighted by Gasteiger charge is 2.26. The van der Waals surface area contributed by atoms with Crippen LogP contribution in [0.3, 0.4) is 0 Å². The van der Waals surface area contributed by atoms with Gasteiger partial charge in [0.2, 0.25) is 23.5 Å². The molecule has 3 aromatic rings. The number of nitrogen functional groups attached to an aromatic ring is 1. The Bertz CT molecular complexity index is 1030. The van der Waals surface area contributed by atoms with Crippen molar-refractivity contribution in [2.24, 2.45) is 11.8 Å². The van der Waals surface area contributed by atoms with Crippen molar-refractivity contribution in [2.45, 2.75) is 25.7 Å². The van der Waals surface area contributed by atoms with Gasteiger partial charge in [0.05, 0.1) is 0 Å². The largest absolute Gasteiger partial charge is 0.381 e. The number of ether oxygens (including phenoxy) is 1. The maximum absolute atomic E-state index is 5.94. The first-order valence-corrected chi connectivity index (χ1v) is 11.1. The van der Waals surface area contributed by atoms with E-state index in [1.807, 2.05) is 42.3 Å². The van der Waals surface area contributed by atoms with E-state index in [2.05, 4.69) is 30.0 Å². The molecule has 10 heteroatoms. The minimum Gasteiger partial charge on any atom is -0.381 e. The molecule has 0 radical (unpaired) electrons. The van der Waals surface area contributed by atoms with Gasteiger partial charge in [0, 0.05) is 39.0 Å². The SMILES string of the molecule is CN(c1ccccc1)c1nc(N)nc(-c2noc(N3CCC(COCC4CC4)CC3)n2)n1. The minimum atomic E-state index is 0.103. The zero-order valence-corrected chi connectivity index (χ0v) is 18.2. The van der Waals surface area contributed by atoms with Crippen molar-refractivity contribution in [1.82, 2.24) is 25.1 Å². The molecule has 1 aliphatic carbocycles. The van der Waals surface area contributed by atoms with Crippen molar-refractivity contribution in [3.05, 3.63) is 30.3 Å². The van der Waals surface area contributed by atoms with Crippen LogP contribution in [0.2, 0.25) is 0 Å². The fraction of sp³-hybridized carbons (Fsp3) is 0.500. The van der Waals surface area contributed by atoms with Crippen molar-refractivity contribution in [3.63, 3.8) is 0 Å². The van der Waals surface area contributed by atoms with E-state index in [4.69, 9.17) is 15.0 Å². The lowest BCUT2D eigenvalue weighted by molar-refractivity contribution is 0.0824. The molecular formula is C22H28N8O2. The summed E-state index contributed by atoms with van der Waals surface area (Å²) in [4.78, 5) is 21.4. The van der Waals surface area contributed by atoms with Crippen LogP contribution in [-0.2, 0) is 4.74 Å². The molecule has 0 unspecified atom stereocenters. The first-order chi connectivity index (χ1) is 15.7. The molecule has 2 fully saturated rings. The number of benzene rings is 1. The summed E-state index contributed by atoms with van der Waals surface area (Å²) >= 11 is 0. The molecule has 1 aliphatic heterocycles. The number of nitrogens with zero attached hydrogens (tertiary/aromatic N) is 7. The van der Waals surface area contributed by atoms with Gasteiger partial charge in [-0.2, -0.15) is 19.9 Å². The Kier molecular flexibility index (Phi) is 5.85. The third-order valence-electron chi connectivity index (χ3n) is 5.99. The molecule has 1 saturated heterocycles. The average Bonchev–Trinajstić information content (AvgIpc) is 3.52. The predicted octanol–water partition coefficient (Wildman–Crippen LogP) is 2.91. The highest BCUT2D eigenvalue weighted by molar-refractivity contribution is 5.59. The van der Waals surface area contributed by atoms with E-state index >= 15 is 0 Å². The van der Waals surface area contributed by atoms with Gasteiger partial charge < -0.3 is 24.8 Å². The van der Waals surface area contributed by atoms with E-state index in [0.717, 1.165) is 50.8 Å². The van der Waals surface area contributed by atoms with Crippen LogP contribution in [0.5, 0.6) is 0 Å². The van der Waals surface area contributed by atoms with Gasteiger partial charge in [-0.15, -0.1) is 0 Å². The van der Waals surface area contributed by atoms with Crippen LogP contribution in [0.15, 0.2) is 34.9 Å². The van der Waals surface area contributed by atoms with Crippen LogP contribution < -0.4 is 15.5 Å². The molecule has 1 aromatic carbocycles. The van der Waals surface area contributed by atoms with Crippen LogP contribution in [0.25, 0.3) is 11.6 Å². The Morgan fingerprint density at radius 1 is 0.969 bits per heavy atom. The number of anilines is 4. The molecule has 2 N–H and O–H groups in total. The Morgan fingerprint density at radius 3 is 2.41 bits per heavy atom. The quantitative estimate of drug-likeness (QED) is 0.564. The highest BCUT2D eigenvalue weighted by atomic mass is 16.5. The van der Waals surface area contributed by atoms with Gasteiger partial charge in [-0.1, -0.05) is 23.4 Å². The van der Waals surface area contributed by atoms with E-state index in [-0.39, 0.29) is 11.8 Å². The monoisotopic (exact) mass is 436 g/mol. The Morgan fingerprint density at radius 2 is 1.69 bits per heavy atom. The molecule has 10 nitrogen and oxygen atoms in total. The summed E-state index contributed by atoms with van der Waals surface area (Å²) < 4.78 is 11.4. The second-order valence-electron chi connectivity index (χ2n) is 8.52. The van der Waals surface area contributed by atoms with E-state index in [0.29, 0.717) is 23.7 Å². The fourth-order valence-electron chi connectivity index (χ4n) is 3.81. The van der Waals surface area contributed by atoms with Gasteiger partial charge in [0.1, 0.15) is 0 Å². The van der Waals surface area contributed by atoms with Gasteiger partial charge >= 0.3 is 6.01 Å². The van der Waals surface area contributed by atoms with E-state index in [1.54, 1.807) is 0 Å². The normalized spacial score (nSPS) is 17.0. The summed E-state index contributed by atoms with van der Waals surface area (Å²) in [5.41, 5.74) is 6.87. The lowest BCUT2D eigenvalue weighted by atomic mass is 9.98. The second-order valence-corrected chi connectivity index (χ2v) is 8.52. The van der Waals surface area contributed by atoms with Crippen molar-refractivity contribution >= 4 is 23.6 Å². The van der Waals surface area contributed by atoms with Crippen LogP contribution in [0.1, 0.15) is 25.7 Å². The summed E-state index contributed by atoms with van der Waals surface area (Å²) in [5, 5.41) is 4.09. The summed E-state index contributed by atoms with van der Waals surface area (Å²) in [7, 11) is 1.87. The van der Waals surface area contributed by atoms with Crippen LogP contribution in [-0.4, -0.2) is 58.4 Å². The minimum absolute atomic E-state index is 0.103. The topological polar surface area (TPSA) is 119 Å². The number of piperidine rings is 1. The lowest BCUT2D eigenvalue weighted by Crippen LogP contribution is -2.35. The molecular weight excluding hydrogens is 408 g/mol. The molecule has 2 aromatic heterocycles. The van der Waals surface area contributed by atoms with Crippen LogP contribution >= 0.6 is 0 Å². The zero-order chi connectivity index (χ0) is 21.9. The van der Waals surface area contributed by atoms with Gasteiger partial charge in [-0.05, 0) is 49.7 Å². The van der Waals surface area contributed by atoms with E-state index in [1.165, 1.54) is 12.8 Å². The van der Waals surface area contributed by atoms with Crippen molar-refractivity contribution in [3.8, 4) is 11.6 Å². The van der Waals surface area contributed by atoms with E-state index in [9.17, 15) is 0 Å². The third-order valence-corrected chi connectivity index (χ3v) is 5.99.